The number of ketones is 1. The van der Waals surface area contributed by atoms with Crippen LogP contribution < -0.4 is 9.64 Å². The van der Waals surface area contributed by atoms with Gasteiger partial charge in [-0.05, 0) is 36.4 Å². The van der Waals surface area contributed by atoms with E-state index in [-0.39, 0.29) is 5.56 Å². The molecule has 3 nitrogen and oxygen atoms in total. The van der Waals surface area contributed by atoms with Crippen LogP contribution in [0.2, 0.25) is 0 Å². The maximum Gasteiger partial charge on any atom is 0.411 e. The van der Waals surface area contributed by atoms with Crippen molar-refractivity contribution in [1.82, 2.24) is 0 Å². The van der Waals surface area contributed by atoms with Crippen molar-refractivity contribution in [2.45, 2.75) is 18.3 Å². The predicted octanol–water partition coefficient (Wildman–Crippen LogP) is 4.46. The van der Waals surface area contributed by atoms with Crippen LogP contribution in [0.3, 0.4) is 0 Å². The number of benzene rings is 2. The lowest BCUT2D eigenvalue weighted by molar-refractivity contribution is -0.127. The molecule has 3 rings (SSSR count). The van der Waals surface area contributed by atoms with E-state index in [9.17, 15) is 18.0 Å². The van der Waals surface area contributed by atoms with Crippen LogP contribution in [0.15, 0.2) is 53.0 Å². The minimum absolute atomic E-state index is 0.258. The Morgan fingerprint density at radius 1 is 1.08 bits per heavy atom. The molecule has 0 spiro atoms. The topological polar surface area (TPSA) is 29.3 Å². The summed E-state index contributed by atoms with van der Waals surface area (Å²) >= 11 is 3.24. The van der Waals surface area contributed by atoms with Crippen LogP contribution in [-0.2, 0) is 0 Å². The Morgan fingerprint density at radius 3 is 2.17 bits per heavy atom. The first kappa shape index (κ1) is 16.8. The molecule has 2 aromatic carbocycles. The van der Waals surface area contributed by atoms with Crippen molar-refractivity contribution in [2.75, 3.05) is 12.0 Å². The van der Waals surface area contributed by atoms with Crippen LogP contribution in [0.25, 0.3) is 0 Å². The number of halogens is 4. The number of rotatable bonds is 4. The molecule has 24 heavy (non-hydrogen) atoms. The molecule has 0 bridgehead atoms. The van der Waals surface area contributed by atoms with Gasteiger partial charge in [0.2, 0.25) is 0 Å². The summed E-state index contributed by atoms with van der Waals surface area (Å²) in [5.41, 5.74) is 0.599. The zero-order valence-corrected chi connectivity index (χ0v) is 14.1. The van der Waals surface area contributed by atoms with E-state index >= 15 is 0 Å². The second-order valence-corrected chi connectivity index (χ2v) is 6.32. The van der Waals surface area contributed by atoms with Gasteiger partial charge in [-0.3, -0.25) is 4.79 Å². The van der Waals surface area contributed by atoms with Gasteiger partial charge in [0.05, 0.1) is 7.11 Å². The fraction of sp³-hybridized carbons (Fsp3) is 0.235. The molecule has 126 valence electrons. The fourth-order valence-corrected chi connectivity index (χ4v) is 2.96. The van der Waals surface area contributed by atoms with Crippen molar-refractivity contribution >= 4 is 27.4 Å². The molecule has 0 amide bonds. The molecule has 1 fully saturated rings. The van der Waals surface area contributed by atoms with E-state index in [1.165, 1.54) is 31.4 Å². The van der Waals surface area contributed by atoms with Crippen LogP contribution in [-0.4, -0.2) is 31.2 Å². The Hall–Kier alpha value is -2.02. The van der Waals surface area contributed by atoms with Gasteiger partial charge < -0.3 is 9.64 Å². The number of hydrogen-bond donors (Lipinski definition) is 0. The van der Waals surface area contributed by atoms with E-state index in [4.69, 9.17) is 4.74 Å². The number of Topliss-reactive ketones (excluding diaryl/α,β-unsaturated/α-hetero) is 1. The van der Waals surface area contributed by atoms with E-state index in [0.29, 0.717) is 11.4 Å². The van der Waals surface area contributed by atoms with Crippen molar-refractivity contribution < 1.29 is 22.7 Å². The zero-order valence-electron chi connectivity index (χ0n) is 12.5. The number of hydrogen-bond acceptors (Lipinski definition) is 3. The maximum atomic E-state index is 13.3. The van der Waals surface area contributed by atoms with E-state index in [2.05, 4.69) is 15.9 Å². The van der Waals surface area contributed by atoms with Gasteiger partial charge in [0.25, 0.3) is 0 Å². The van der Waals surface area contributed by atoms with E-state index in [0.717, 1.165) is 9.37 Å². The third-order valence-corrected chi connectivity index (χ3v) is 4.44. The highest BCUT2D eigenvalue weighted by atomic mass is 79.9. The SMILES string of the molecule is COc1ccc(N2[C@H](C(=O)c3ccc(Br)cc3)[C@@H]2C(F)(F)F)cc1. The highest BCUT2D eigenvalue weighted by molar-refractivity contribution is 9.10. The molecule has 0 unspecified atom stereocenters. The Bertz CT molecular complexity index is 744. The Kier molecular flexibility index (Phi) is 4.29. The summed E-state index contributed by atoms with van der Waals surface area (Å²) in [4.78, 5) is 13.6. The second-order valence-electron chi connectivity index (χ2n) is 5.41. The molecule has 1 aliphatic rings. The van der Waals surface area contributed by atoms with Gasteiger partial charge >= 0.3 is 6.18 Å². The normalized spacial score (nSPS) is 20.0. The summed E-state index contributed by atoms with van der Waals surface area (Å²) < 4.78 is 45.6. The molecular formula is C17H13BrF3NO2. The summed E-state index contributed by atoms with van der Waals surface area (Å²) in [7, 11) is 1.48. The number of alkyl halides is 3. The van der Waals surface area contributed by atoms with E-state index in [1.54, 1.807) is 24.3 Å². The van der Waals surface area contributed by atoms with E-state index in [1.807, 2.05) is 0 Å². The van der Waals surface area contributed by atoms with Gasteiger partial charge in [-0.1, -0.05) is 28.1 Å². The molecule has 7 heteroatoms. The minimum Gasteiger partial charge on any atom is -0.497 e. The Morgan fingerprint density at radius 2 is 1.67 bits per heavy atom. The van der Waals surface area contributed by atoms with Gasteiger partial charge in [0.15, 0.2) is 11.8 Å². The number of ether oxygens (including phenoxy) is 1. The molecule has 0 aromatic heterocycles. The van der Waals surface area contributed by atoms with Crippen molar-refractivity contribution in [1.29, 1.82) is 0 Å². The molecule has 1 aliphatic heterocycles. The molecular weight excluding hydrogens is 387 g/mol. The summed E-state index contributed by atoms with van der Waals surface area (Å²) in [6.07, 6.45) is -4.48. The van der Waals surface area contributed by atoms with Gasteiger partial charge in [-0.15, -0.1) is 0 Å². The number of anilines is 1. The highest BCUT2D eigenvalue weighted by Gasteiger charge is 2.66. The van der Waals surface area contributed by atoms with Gasteiger partial charge in [-0.2, -0.15) is 13.2 Å². The average molecular weight is 400 g/mol. The van der Waals surface area contributed by atoms with Crippen LogP contribution >= 0.6 is 15.9 Å². The molecule has 2 aromatic rings. The lowest BCUT2D eigenvalue weighted by Gasteiger charge is -2.08. The molecule has 2 atom stereocenters. The number of carbonyl (C=O) groups excluding carboxylic acids is 1. The lowest BCUT2D eigenvalue weighted by Crippen LogP contribution is -2.23. The fourth-order valence-electron chi connectivity index (χ4n) is 2.70. The molecule has 0 radical (unpaired) electrons. The quantitative estimate of drug-likeness (QED) is 0.561. The van der Waals surface area contributed by atoms with Crippen LogP contribution in [0.4, 0.5) is 18.9 Å². The summed E-state index contributed by atoms with van der Waals surface area (Å²) in [5.74, 6) is 0.000544. The summed E-state index contributed by atoms with van der Waals surface area (Å²) in [6, 6.07) is 9.45. The van der Waals surface area contributed by atoms with Gasteiger partial charge in [-0.25, -0.2) is 0 Å². The standard InChI is InChI=1S/C17H13BrF3NO2/c1-24-13-8-6-12(7-9-13)22-14(16(22)17(19,20)21)15(23)10-2-4-11(18)5-3-10/h2-9,14,16H,1H3/t14-,16-,22?/m1/s1. The lowest BCUT2D eigenvalue weighted by atomic mass is 10.1. The van der Waals surface area contributed by atoms with E-state index < -0.39 is 24.0 Å². The molecule has 1 heterocycles. The van der Waals surface area contributed by atoms with Crippen molar-refractivity contribution in [3.8, 4) is 5.75 Å². The second kappa shape index (κ2) is 6.12. The number of carbonyl (C=O) groups is 1. The largest absolute Gasteiger partial charge is 0.497 e. The average Bonchev–Trinajstić information content (AvgIpc) is 3.31. The maximum absolute atomic E-state index is 13.3. The van der Waals surface area contributed by atoms with Crippen LogP contribution in [0.5, 0.6) is 5.75 Å². The first-order valence-corrected chi connectivity index (χ1v) is 7.91. The Balaban J connectivity index is 1.89. The van der Waals surface area contributed by atoms with Crippen molar-refractivity contribution in [3.05, 3.63) is 58.6 Å². The summed E-state index contributed by atoms with van der Waals surface area (Å²) in [6.45, 7) is 0. The van der Waals surface area contributed by atoms with Crippen molar-refractivity contribution in [3.63, 3.8) is 0 Å². The molecule has 0 aliphatic carbocycles. The van der Waals surface area contributed by atoms with Gasteiger partial charge in [0, 0.05) is 15.7 Å². The Labute approximate surface area is 145 Å². The molecule has 1 saturated heterocycles. The summed E-state index contributed by atoms with van der Waals surface area (Å²) in [5, 5.41) is 0. The monoisotopic (exact) mass is 399 g/mol. The van der Waals surface area contributed by atoms with Gasteiger partial charge in [0.1, 0.15) is 11.8 Å². The predicted molar refractivity (Wildman–Crippen MR) is 87.6 cm³/mol. The third-order valence-electron chi connectivity index (χ3n) is 3.91. The van der Waals surface area contributed by atoms with Crippen molar-refractivity contribution in [2.24, 2.45) is 0 Å². The molecule has 0 saturated carbocycles. The zero-order chi connectivity index (χ0) is 17.5. The third kappa shape index (κ3) is 3.13. The first-order valence-electron chi connectivity index (χ1n) is 7.12. The van der Waals surface area contributed by atoms with Crippen LogP contribution in [0.1, 0.15) is 10.4 Å². The highest BCUT2D eigenvalue weighted by Crippen LogP contribution is 2.46. The number of nitrogens with zero attached hydrogens (tertiary/aromatic N) is 1. The minimum atomic E-state index is -4.48. The number of methoxy groups -OCH3 is 1. The smallest absolute Gasteiger partial charge is 0.411 e. The first-order chi connectivity index (χ1) is 11.3. The van der Waals surface area contributed by atoms with Crippen LogP contribution in [0, 0.1) is 0 Å². The molecule has 0 N–H and O–H groups in total.